The molecule has 9 heteroatoms. The van der Waals surface area contributed by atoms with E-state index in [4.69, 9.17) is 8.83 Å². The molecule has 1 atom stereocenters. The summed E-state index contributed by atoms with van der Waals surface area (Å²) in [5, 5.41) is 9.33. The van der Waals surface area contributed by atoms with E-state index in [0.29, 0.717) is 28.6 Å². The Morgan fingerprint density at radius 1 is 1.39 bits per heavy atom. The van der Waals surface area contributed by atoms with Gasteiger partial charge in [0.15, 0.2) is 0 Å². The van der Waals surface area contributed by atoms with Crippen LogP contribution in [0.5, 0.6) is 0 Å². The predicted molar refractivity (Wildman–Crippen MR) is 108 cm³/mol. The SMILES string of the molecule is Cc1occc1-c1nnc(SCc2nc3sc4c(c3c(=O)[nH]2)CC[C@@H](C)C4)o1. The fourth-order valence-electron chi connectivity index (χ4n) is 3.58. The lowest BCUT2D eigenvalue weighted by molar-refractivity contribution is 0.463. The average Bonchev–Trinajstić information content (AvgIpc) is 3.37. The van der Waals surface area contributed by atoms with Crippen molar-refractivity contribution in [2.45, 2.75) is 44.1 Å². The van der Waals surface area contributed by atoms with Crippen LogP contribution in [0.3, 0.4) is 0 Å². The van der Waals surface area contributed by atoms with Crippen molar-refractivity contribution < 1.29 is 8.83 Å². The van der Waals surface area contributed by atoms with Gasteiger partial charge in [-0.25, -0.2) is 4.98 Å². The molecule has 0 fully saturated rings. The Balaban J connectivity index is 1.38. The highest BCUT2D eigenvalue weighted by atomic mass is 32.2. The van der Waals surface area contributed by atoms with Crippen molar-refractivity contribution in [3.8, 4) is 11.5 Å². The molecule has 0 saturated heterocycles. The van der Waals surface area contributed by atoms with Crippen molar-refractivity contribution in [3.05, 3.63) is 44.7 Å². The molecule has 0 unspecified atom stereocenters. The van der Waals surface area contributed by atoms with E-state index in [0.717, 1.165) is 40.8 Å². The number of furan rings is 1. The summed E-state index contributed by atoms with van der Waals surface area (Å²) in [4.78, 5) is 22.4. The third kappa shape index (κ3) is 3.08. The number of rotatable bonds is 4. The Kier molecular flexibility index (Phi) is 4.36. The average molecular weight is 415 g/mol. The number of fused-ring (bicyclic) bond motifs is 3. The molecular weight excluding hydrogens is 396 g/mol. The minimum absolute atomic E-state index is 0.0482. The van der Waals surface area contributed by atoms with Gasteiger partial charge in [-0.3, -0.25) is 4.79 Å². The summed E-state index contributed by atoms with van der Waals surface area (Å²) >= 11 is 3.01. The number of hydrogen-bond acceptors (Lipinski definition) is 8. The largest absolute Gasteiger partial charge is 0.469 e. The van der Waals surface area contributed by atoms with Gasteiger partial charge in [0.1, 0.15) is 16.4 Å². The minimum Gasteiger partial charge on any atom is -0.469 e. The van der Waals surface area contributed by atoms with Crippen LogP contribution in [0.2, 0.25) is 0 Å². The van der Waals surface area contributed by atoms with Gasteiger partial charge in [0.05, 0.1) is 23.0 Å². The second kappa shape index (κ2) is 6.89. The molecular formula is C19H18N4O3S2. The number of aromatic amines is 1. The van der Waals surface area contributed by atoms with Gasteiger partial charge in [-0.2, -0.15) is 0 Å². The van der Waals surface area contributed by atoms with Gasteiger partial charge < -0.3 is 13.8 Å². The third-order valence-corrected chi connectivity index (χ3v) is 7.02. The molecule has 28 heavy (non-hydrogen) atoms. The highest BCUT2D eigenvalue weighted by Gasteiger charge is 2.23. The highest BCUT2D eigenvalue weighted by molar-refractivity contribution is 7.98. The number of hydrogen-bond donors (Lipinski definition) is 1. The zero-order chi connectivity index (χ0) is 19.3. The summed E-state index contributed by atoms with van der Waals surface area (Å²) in [6, 6.07) is 1.80. The van der Waals surface area contributed by atoms with Crippen molar-refractivity contribution in [1.82, 2.24) is 20.2 Å². The molecule has 0 aromatic carbocycles. The van der Waals surface area contributed by atoms with Crippen molar-refractivity contribution in [3.63, 3.8) is 0 Å². The third-order valence-electron chi connectivity index (χ3n) is 5.04. The maximum absolute atomic E-state index is 12.7. The van der Waals surface area contributed by atoms with Crippen molar-refractivity contribution in [2.24, 2.45) is 5.92 Å². The van der Waals surface area contributed by atoms with Crippen LogP contribution in [0, 0.1) is 12.8 Å². The maximum Gasteiger partial charge on any atom is 0.277 e. The molecule has 4 aromatic rings. The topological polar surface area (TPSA) is 97.8 Å². The van der Waals surface area contributed by atoms with Gasteiger partial charge in [0.2, 0.25) is 0 Å². The van der Waals surface area contributed by atoms with E-state index in [2.05, 4.69) is 27.1 Å². The normalized spacial score (nSPS) is 16.6. The van der Waals surface area contributed by atoms with Crippen LogP contribution in [-0.2, 0) is 18.6 Å². The highest BCUT2D eigenvalue weighted by Crippen LogP contribution is 2.36. The maximum atomic E-state index is 12.7. The van der Waals surface area contributed by atoms with E-state index in [1.54, 1.807) is 23.7 Å². The van der Waals surface area contributed by atoms with Crippen LogP contribution in [0.15, 0.2) is 31.2 Å². The van der Waals surface area contributed by atoms with Gasteiger partial charge in [0, 0.05) is 4.88 Å². The van der Waals surface area contributed by atoms with Crippen LogP contribution in [0.4, 0.5) is 0 Å². The Morgan fingerprint density at radius 2 is 2.29 bits per heavy atom. The second-order valence-electron chi connectivity index (χ2n) is 7.10. The Hall–Kier alpha value is -2.39. The Morgan fingerprint density at radius 3 is 3.11 bits per heavy atom. The fourth-order valence-corrected chi connectivity index (χ4v) is 5.61. The first-order valence-corrected chi connectivity index (χ1v) is 10.9. The van der Waals surface area contributed by atoms with E-state index < -0.39 is 0 Å². The van der Waals surface area contributed by atoms with Crippen LogP contribution < -0.4 is 5.56 Å². The zero-order valence-electron chi connectivity index (χ0n) is 15.4. The standard InChI is InChI=1S/C19H18N4O3S2/c1-9-3-4-12-13(7-9)28-18-15(12)16(24)20-14(21-18)8-27-19-23-22-17(26-19)11-5-6-25-10(11)2/h5-6,9H,3-4,7-8H2,1-2H3,(H,20,21,24)/t9-/m1/s1. The summed E-state index contributed by atoms with van der Waals surface area (Å²) in [5.41, 5.74) is 1.93. The van der Waals surface area contributed by atoms with Gasteiger partial charge >= 0.3 is 0 Å². The molecule has 0 spiro atoms. The van der Waals surface area contributed by atoms with E-state index >= 15 is 0 Å². The number of aryl methyl sites for hydroxylation is 2. The van der Waals surface area contributed by atoms with Gasteiger partial charge in [0.25, 0.3) is 16.7 Å². The molecule has 0 saturated carbocycles. The quantitative estimate of drug-likeness (QED) is 0.496. The number of thioether (sulfide) groups is 1. The van der Waals surface area contributed by atoms with E-state index in [1.165, 1.54) is 22.2 Å². The number of H-pyrrole nitrogens is 1. The molecule has 0 bridgehead atoms. The van der Waals surface area contributed by atoms with Crippen molar-refractivity contribution in [1.29, 1.82) is 0 Å². The first-order chi connectivity index (χ1) is 13.6. The van der Waals surface area contributed by atoms with E-state index in [1.807, 2.05) is 6.92 Å². The van der Waals surface area contributed by atoms with Crippen molar-refractivity contribution >= 4 is 33.3 Å². The Labute approximate surface area is 168 Å². The summed E-state index contributed by atoms with van der Waals surface area (Å²) in [7, 11) is 0. The minimum atomic E-state index is -0.0482. The van der Waals surface area contributed by atoms with E-state index in [9.17, 15) is 4.79 Å². The molecule has 0 aliphatic heterocycles. The summed E-state index contributed by atoms with van der Waals surface area (Å²) in [6.07, 6.45) is 4.73. The molecule has 1 aliphatic carbocycles. The smallest absolute Gasteiger partial charge is 0.277 e. The monoisotopic (exact) mass is 414 g/mol. The van der Waals surface area contributed by atoms with Gasteiger partial charge in [-0.15, -0.1) is 21.5 Å². The lowest BCUT2D eigenvalue weighted by Crippen LogP contribution is -2.14. The van der Waals surface area contributed by atoms with Crippen LogP contribution in [0.25, 0.3) is 21.7 Å². The zero-order valence-corrected chi connectivity index (χ0v) is 17.1. The number of aromatic nitrogens is 4. The fraction of sp³-hybridized carbons (Fsp3) is 0.368. The molecule has 5 rings (SSSR count). The lowest BCUT2D eigenvalue weighted by Gasteiger charge is -2.17. The van der Waals surface area contributed by atoms with Crippen LogP contribution in [-0.4, -0.2) is 20.2 Å². The predicted octanol–water partition coefficient (Wildman–Crippen LogP) is 4.35. The first-order valence-electron chi connectivity index (χ1n) is 9.12. The van der Waals surface area contributed by atoms with Crippen molar-refractivity contribution in [2.75, 3.05) is 0 Å². The number of thiophene rings is 1. The summed E-state index contributed by atoms with van der Waals surface area (Å²) < 4.78 is 11.0. The van der Waals surface area contributed by atoms with E-state index in [-0.39, 0.29) is 5.56 Å². The van der Waals surface area contributed by atoms with Crippen LogP contribution >= 0.6 is 23.1 Å². The van der Waals surface area contributed by atoms with Crippen LogP contribution in [0.1, 0.15) is 35.4 Å². The molecule has 0 amide bonds. The molecule has 7 nitrogen and oxygen atoms in total. The first kappa shape index (κ1) is 17.7. The second-order valence-corrected chi connectivity index (χ2v) is 9.11. The lowest BCUT2D eigenvalue weighted by atomic mass is 9.89. The summed E-state index contributed by atoms with van der Waals surface area (Å²) in [5.74, 6) is 2.89. The van der Waals surface area contributed by atoms with Gasteiger partial charge in [-0.1, -0.05) is 18.7 Å². The molecule has 4 heterocycles. The number of nitrogens with one attached hydrogen (secondary N) is 1. The number of nitrogens with zero attached hydrogens (tertiary/aromatic N) is 3. The molecule has 4 aromatic heterocycles. The molecule has 1 N–H and O–H groups in total. The molecule has 1 aliphatic rings. The van der Waals surface area contributed by atoms with Gasteiger partial charge in [-0.05, 0) is 43.7 Å². The molecule has 0 radical (unpaired) electrons. The summed E-state index contributed by atoms with van der Waals surface area (Å²) in [6.45, 7) is 4.11. The Bertz CT molecular complexity index is 1220. The molecule has 144 valence electrons.